The summed E-state index contributed by atoms with van der Waals surface area (Å²) in [4.78, 5) is 13.2. The summed E-state index contributed by atoms with van der Waals surface area (Å²) in [5, 5.41) is 6.26. The third-order valence-electron chi connectivity index (χ3n) is 2.26. The number of amides is 1. The zero-order valence-corrected chi connectivity index (χ0v) is 8.47. The maximum Gasteiger partial charge on any atom is 0.221 e. The molecule has 1 fully saturated rings. The summed E-state index contributed by atoms with van der Waals surface area (Å²) in [7, 11) is 4.13. The number of hydrogen-bond acceptors (Lipinski definition) is 3. The zero-order chi connectivity index (χ0) is 9.68. The van der Waals surface area contributed by atoms with Gasteiger partial charge in [-0.2, -0.15) is 0 Å². The molecule has 13 heavy (non-hydrogen) atoms. The molecule has 1 aliphatic rings. The van der Waals surface area contributed by atoms with Crippen LogP contribution in [0.1, 0.15) is 12.8 Å². The number of nitrogens with one attached hydrogen (secondary N) is 2. The first-order chi connectivity index (χ1) is 6.18. The Labute approximate surface area is 79.7 Å². The molecule has 0 aromatic rings. The Morgan fingerprint density at radius 1 is 1.54 bits per heavy atom. The summed E-state index contributed by atoms with van der Waals surface area (Å²) in [6.45, 7) is 2.64. The molecule has 1 rings (SSSR count). The zero-order valence-electron chi connectivity index (χ0n) is 8.47. The van der Waals surface area contributed by atoms with Gasteiger partial charge < -0.3 is 15.5 Å². The van der Waals surface area contributed by atoms with Crippen LogP contribution in [0.4, 0.5) is 0 Å². The van der Waals surface area contributed by atoms with Crippen LogP contribution in [0.2, 0.25) is 0 Å². The second-order valence-electron chi connectivity index (χ2n) is 3.80. The molecule has 0 spiro atoms. The van der Waals surface area contributed by atoms with Crippen molar-refractivity contribution < 1.29 is 4.79 Å². The van der Waals surface area contributed by atoms with Gasteiger partial charge in [0.05, 0.1) is 0 Å². The van der Waals surface area contributed by atoms with Gasteiger partial charge in [-0.15, -0.1) is 0 Å². The van der Waals surface area contributed by atoms with Gasteiger partial charge in [0.2, 0.25) is 5.91 Å². The van der Waals surface area contributed by atoms with E-state index in [9.17, 15) is 4.79 Å². The molecule has 1 saturated heterocycles. The van der Waals surface area contributed by atoms with Gasteiger partial charge in [-0.1, -0.05) is 0 Å². The van der Waals surface area contributed by atoms with Crippen LogP contribution < -0.4 is 10.6 Å². The van der Waals surface area contributed by atoms with Gasteiger partial charge in [-0.05, 0) is 27.1 Å². The average molecular weight is 185 g/mol. The van der Waals surface area contributed by atoms with Crippen LogP contribution in [-0.2, 0) is 4.79 Å². The van der Waals surface area contributed by atoms with Crippen molar-refractivity contribution in [3.63, 3.8) is 0 Å². The molecule has 1 heterocycles. The second-order valence-corrected chi connectivity index (χ2v) is 3.80. The van der Waals surface area contributed by atoms with Crippen LogP contribution >= 0.6 is 0 Å². The summed E-state index contributed by atoms with van der Waals surface area (Å²) in [6.07, 6.45) is 1.70. The molecule has 1 amide bonds. The first-order valence-electron chi connectivity index (χ1n) is 4.83. The highest BCUT2D eigenvalue weighted by Gasteiger charge is 2.14. The monoisotopic (exact) mass is 185 g/mol. The van der Waals surface area contributed by atoms with Gasteiger partial charge in [0, 0.05) is 25.6 Å². The Kier molecular flexibility index (Phi) is 4.18. The van der Waals surface area contributed by atoms with Crippen LogP contribution in [0.3, 0.4) is 0 Å². The lowest BCUT2D eigenvalue weighted by Crippen LogP contribution is -2.38. The van der Waals surface area contributed by atoms with E-state index in [2.05, 4.69) is 29.6 Å². The fraction of sp³-hybridized carbons (Fsp3) is 0.889. The maximum atomic E-state index is 11.0. The number of carbonyl (C=O) groups is 1. The van der Waals surface area contributed by atoms with Crippen molar-refractivity contribution in [1.82, 2.24) is 15.5 Å². The summed E-state index contributed by atoms with van der Waals surface area (Å²) < 4.78 is 0. The summed E-state index contributed by atoms with van der Waals surface area (Å²) >= 11 is 0. The van der Waals surface area contributed by atoms with E-state index >= 15 is 0 Å². The molecule has 4 heteroatoms. The Hall–Kier alpha value is -0.610. The van der Waals surface area contributed by atoms with E-state index in [-0.39, 0.29) is 5.91 Å². The minimum absolute atomic E-state index is 0.167. The quantitative estimate of drug-likeness (QED) is 0.618. The lowest BCUT2D eigenvalue weighted by molar-refractivity contribution is -0.120. The third-order valence-corrected chi connectivity index (χ3v) is 2.26. The highest BCUT2D eigenvalue weighted by Crippen LogP contribution is 1.96. The SMILES string of the molecule is CN(C)CCC1CNC(=O)CCN1. The van der Waals surface area contributed by atoms with Crippen LogP contribution in [0.25, 0.3) is 0 Å². The lowest BCUT2D eigenvalue weighted by atomic mass is 10.2. The van der Waals surface area contributed by atoms with E-state index in [1.807, 2.05) is 0 Å². The van der Waals surface area contributed by atoms with Crippen molar-refractivity contribution in [3.8, 4) is 0 Å². The number of hydrogen-bond donors (Lipinski definition) is 2. The van der Waals surface area contributed by atoms with Gasteiger partial charge in [-0.25, -0.2) is 0 Å². The molecule has 4 nitrogen and oxygen atoms in total. The smallest absolute Gasteiger partial charge is 0.221 e. The van der Waals surface area contributed by atoms with E-state index in [0.29, 0.717) is 12.5 Å². The fourth-order valence-corrected chi connectivity index (χ4v) is 1.41. The molecule has 0 aromatic heterocycles. The van der Waals surface area contributed by atoms with Gasteiger partial charge in [0.25, 0.3) is 0 Å². The van der Waals surface area contributed by atoms with E-state index in [1.165, 1.54) is 0 Å². The van der Waals surface area contributed by atoms with Crippen LogP contribution in [0.15, 0.2) is 0 Å². The van der Waals surface area contributed by atoms with E-state index in [0.717, 1.165) is 26.1 Å². The van der Waals surface area contributed by atoms with Crippen molar-refractivity contribution in [2.45, 2.75) is 18.9 Å². The first kappa shape index (κ1) is 10.5. The first-order valence-corrected chi connectivity index (χ1v) is 4.83. The number of carbonyl (C=O) groups excluding carboxylic acids is 1. The van der Waals surface area contributed by atoms with Crippen molar-refractivity contribution in [2.24, 2.45) is 0 Å². The molecule has 0 saturated carbocycles. The topological polar surface area (TPSA) is 44.4 Å². The van der Waals surface area contributed by atoms with Crippen LogP contribution in [-0.4, -0.2) is 50.6 Å². The summed E-state index contributed by atoms with van der Waals surface area (Å²) in [5.41, 5.74) is 0. The minimum Gasteiger partial charge on any atom is -0.354 e. The fourth-order valence-electron chi connectivity index (χ4n) is 1.41. The van der Waals surface area contributed by atoms with Crippen molar-refractivity contribution >= 4 is 5.91 Å². The highest BCUT2D eigenvalue weighted by atomic mass is 16.1. The highest BCUT2D eigenvalue weighted by molar-refractivity contribution is 5.76. The molecule has 1 unspecified atom stereocenters. The molecule has 0 radical (unpaired) electrons. The molecule has 2 N–H and O–H groups in total. The molecule has 0 aromatic carbocycles. The van der Waals surface area contributed by atoms with Crippen molar-refractivity contribution in [2.75, 3.05) is 33.7 Å². The Bertz CT molecular complexity index is 170. The Balaban J connectivity index is 2.22. The summed E-state index contributed by atoms with van der Waals surface area (Å²) in [6, 6.07) is 0.439. The predicted octanol–water partition coefficient (Wildman–Crippen LogP) is -0.584. The Morgan fingerprint density at radius 3 is 3.00 bits per heavy atom. The van der Waals surface area contributed by atoms with Gasteiger partial charge >= 0.3 is 0 Å². The summed E-state index contributed by atoms with van der Waals surface area (Å²) in [5.74, 6) is 0.167. The largest absolute Gasteiger partial charge is 0.354 e. The molecule has 76 valence electrons. The third kappa shape index (κ3) is 4.24. The van der Waals surface area contributed by atoms with Crippen molar-refractivity contribution in [3.05, 3.63) is 0 Å². The van der Waals surface area contributed by atoms with Gasteiger partial charge in [-0.3, -0.25) is 4.79 Å². The lowest BCUT2D eigenvalue weighted by Gasteiger charge is -2.17. The minimum atomic E-state index is 0.167. The van der Waals surface area contributed by atoms with Gasteiger partial charge in [0.15, 0.2) is 0 Å². The normalized spacial score (nSPS) is 24.2. The molecule has 0 aliphatic carbocycles. The van der Waals surface area contributed by atoms with E-state index in [4.69, 9.17) is 0 Å². The second kappa shape index (κ2) is 5.19. The van der Waals surface area contributed by atoms with Crippen molar-refractivity contribution in [1.29, 1.82) is 0 Å². The molecule has 1 atom stereocenters. The van der Waals surface area contributed by atoms with Gasteiger partial charge in [0.1, 0.15) is 0 Å². The standard InChI is InChI=1S/C9H19N3O/c1-12(2)6-4-8-7-11-9(13)3-5-10-8/h8,10H,3-7H2,1-2H3,(H,11,13). The molecule has 0 bridgehead atoms. The average Bonchev–Trinajstić information content (AvgIpc) is 2.27. The molecule has 1 aliphatic heterocycles. The number of nitrogens with zero attached hydrogens (tertiary/aromatic N) is 1. The molecular formula is C9H19N3O. The predicted molar refractivity (Wildman–Crippen MR) is 52.6 cm³/mol. The van der Waals surface area contributed by atoms with E-state index < -0.39 is 0 Å². The van der Waals surface area contributed by atoms with E-state index in [1.54, 1.807) is 0 Å². The number of rotatable bonds is 3. The molecular weight excluding hydrogens is 166 g/mol. The maximum absolute atomic E-state index is 11.0. The van der Waals surface area contributed by atoms with Crippen LogP contribution in [0, 0.1) is 0 Å². The van der Waals surface area contributed by atoms with Crippen LogP contribution in [0.5, 0.6) is 0 Å². The Morgan fingerprint density at radius 2 is 2.31 bits per heavy atom.